The van der Waals surface area contributed by atoms with Gasteiger partial charge >= 0.3 is 12.1 Å². The lowest BCUT2D eigenvalue weighted by Gasteiger charge is -2.33. The summed E-state index contributed by atoms with van der Waals surface area (Å²) in [7, 11) is 1.55. The van der Waals surface area contributed by atoms with Crippen LogP contribution < -0.4 is 5.32 Å². The zero-order chi connectivity index (χ0) is 23.5. The number of nitro groups is 1. The number of fused-ring (bicyclic) bond motifs is 1. The molecule has 0 bridgehead atoms. The number of carbonyl (C=O) groups excluding carboxylic acids is 2. The van der Waals surface area contributed by atoms with E-state index in [4.69, 9.17) is 14.2 Å². The molecule has 11 heteroatoms. The molecule has 11 nitrogen and oxygen atoms in total. The fraction of sp³-hybridized carbons (Fsp3) is 0.476. The number of esters is 1. The van der Waals surface area contributed by atoms with E-state index < -0.39 is 34.7 Å². The molecule has 1 aromatic carbocycles. The van der Waals surface area contributed by atoms with Crippen molar-refractivity contribution >= 4 is 17.7 Å². The topological polar surface area (TPSA) is 135 Å². The number of methoxy groups -OCH3 is 1. The number of benzene rings is 1. The van der Waals surface area contributed by atoms with Gasteiger partial charge in [0.15, 0.2) is 6.10 Å². The first-order valence-electron chi connectivity index (χ1n) is 10.1. The molecular weight excluding hydrogens is 420 g/mol. The summed E-state index contributed by atoms with van der Waals surface area (Å²) in [5.41, 5.74) is 0.611. The second-order valence-electron chi connectivity index (χ2n) is 8.39. The van der Waals surface area contributed by atoms with Gasteiger partial charge in [-0.25, -0.2) is 9.59 Å². The lowest BCUT2D eigenvalue weighted by Crippen LogP contribution is -2.46. The van der Waals surface area contributed by atoms with Crippen molar-refractivity contribution in [3.05, 3.63) is 57.4 Å². The van der Waals surface area contributed by atoms with Gasteiger partial charge < -0.3 is 19.5 Å². The van der Waals surface area contributed by atoms with E-state index in [0.29, 0.717) is 24.4 Å². The third-order valence-electron chi connectivity index (χ3n) is 4.71. The highest BCUT2D eigenvalue weighted by Gasteiger charge is 2.36. The van der Waals surface area contributed by atoms with Crippen molar-refractivity contribution in [1.82, 2.24) is 15.1 Å². The van der Waals surface area contributed by atoms with E-state index in [1.165, 1.54) is 24.3 Å². The van der Waals surface area contributed by atoms with Gasteiger partial charge in [0.2, 0.25) is 0 Å². The summed E-state index contributed by atoms with van der Waals surface area (Å²) >= 11 is 0. The SMILES string of the molecule is COCc1cc2n(n1)CC[C@@H](NC(=O)OC(C)(C)C)[C@H]2OC(=O)c1ccc([N+](=O)[O-])cc1. The van der Waals surface area contributed by atoms with Crippen LogP contribution in [0.4, 0.5) is 10.5 Å². The number of ether oxygens (including phenoxy) is 3. The molecule has 1 N–H and O–H groups in total. The number of alkyl carbamates (subject to hydrolysis) is 1. The van der Waals surface area contributed by atoms with E-state index in [9.17, 15) is 19.7 Å². The van der Waals surface area contributed by atoms with Gasteiger partial charge in [0.1, 0.15) is 5.60 Å². The summed E-state index contributed by atoms with van der Waals surface area (Å²) in [5, 5.41) is 18.1. The molecular formula is C21H26N4O7. The Morgan fingerprint density at radius 1 is 1.28 bits per heavy atom. The summed E-state index contributed by atoms with van der Waals surface area (Å²) < 4.78 is 18.0. The van der Waals surface area contributed by atoms with Crippen LogP contribution in [0.5, 0.6) is 0 Å². The summed E-state index contributed by atoms with van der Waals surface area (Å²) in [6, 6.07) is 6.33. The first-order chi connectivity index (χ1) is 15.1. The number of nitrogens with zero attached hydrogens (tertiary/aromatic N) is 3. The minimum Gasteiger partial charge on any atom is -0.450 e. The molecule has 2 aromatic rings. The number of aromatic nitrogens is 2. The Morgan fingerprint density at radius 2 is 1.97 bits per heavy atom. The van der Waals surface area contributed by atoms with Crippen molar-refractivity contribution < 1.29 is 28.7 Å². The Hall–Kier alpha value is -3.47. The molecule has 2 atom stereocenters. The lowest BCUT2D eigenvalue weighted by molar-refractivity contribution is -0.384. The smallest absolute Gasteiger partial charge is 0.408 e. The number of rotatable bonds is 6. The van der Waals surface area contributed by atoms with Crippen LogP contribution in [-0.4, -0.2) is 45.5 Å². The highest BCUT2D eigenvalue weighted by molar-refractivity contribution is 5.89. The molecule has 2 heterocycles. The molecule has 1 aromatic heterocycles. The van der Waals surface area contributed by atoms with Crippen LogP contribution in [0.1, 0.15) is 55.0 Å². The molecule has 0 aliphatic carbocycles. The monoisotopic (exact) mass is 446 g/mol. The van der Waals surface area contributed by atoms with Crippen LogP contribution in [0.15, 0.2) is 30.3 Å². The molecule has 1 aliphatic heterocycles. The highest BCUT2D eigenvalue weighted by atomic mass is 16.6. The molecule has 0 saturated carbocycles. The normalized spacial score (nSPS) is 17.9. The van der Waals surface area contributed by atoms with E-state index in [-0.39, 0.29) is 17.9 Å². The minimum atomic E-state index is -0.836. The molecule has 1 aliphatic rings. The second-order valence-corrected chi connectivity index (χ2v) is 8.39. The number of hydrogen-bond donors (Lipinski definition) is 1. The molecule has 0 fully saturated rings. The Labute approximate surface area is 184 Å². The Balaban J connectivity index is 1.84. The van der Waals surface area contributed by atoms with E-state index in [1.54, 1.807) is 38.6 Å². The van der Waals surface area contributed by atoms with Gasteiger partial charge in [-0.05, 0) is 45.4 Å². The number of aryl methyl sites for hydroxylation is 1. The van der Waals surface area contributed by atoms with E-state index >= 15 is 0 Å². The molecule has 0 spiro atoms. The van der Waals surface area contributed by atoms with Gasteiger partial charge in [0.05, 0.1) is 34.5 Å². The number of non-ortho nitro benzene ring substituents is 1. The van der Waals surface area contributed by atoms with Crippen LogP contribution in [0.3, 0.4) is 0 Å². The fourth-order valence-corrected chi connectivity index (χ4v) is 3.38. The standard InChI is InChI=1S/C21H26N4O7/c1-21(2,3)32-20(27)22-16-9-10-24-17(11-14(23-24)12-30-4)18(16)31-19(26)13-5-7-15(8-6-13)25(28)29/h5-8,11,16,18H,9-10,12H2,1-4H3,(H,22,27)/t16-,18-/m1/s1. The van der Waals surface area contributed by atoms with Gasteiger partial charge in [-0.15, -0.1) is 0 Å². The predicted molar refractivity (Wildman–Crippen MR) is 112 cm³/mol. The molecule has 172 valence electrons. The predicted octanol–water partition coefficient (Wildman–Crippen LogP) is 3.13. The first-order valence-corrected chi connectivity index (χ1v) is 10.1. The van der Waals surface area contributed by atoms with Crippen molar-refractivity contribution in [1.29, 1.82) is 0 Å². The highest BCUT2D eigenvalue weighted by Crippen LogP contribution is 2.31. The van der Waals surface area contributed by atoms with Gasteiger partial charge in [-0.1, -0.05) is 0 Å². The molecule has 3 rings (SSSR count). The molecule has 0 unspecified atom stereocenters. The van der Waals surface area contributed by atoms with E-state index in [1.807, 2.05) is 0 Å². The quantitative estimate of drug-likeness (QED) is 0.406. The van der Waals surface area contributed by atoms with Gasteiger partial charge in [0.25, 0.3) is 5.69 Å². The third-order valence-corrected chi connectivity index (χ3v) is 4.71. The van der Waals surface area contributed by atoms with Crippen molar-refractivity contribution in [2.24, 2.45) is 0 Å². The number of amides is 1. The van der Waals surface area contributed by atoms with Crippen molar-refractivity contribution in [2.75, 3.05) is 7.11 Å². The second kappa shape index (κ2) is 9.35. The first kappa shape index (κ1) is 23.2. The zero-order valence-corrected chi connectivity index (χ0v) is 18.4. The Morgan fingerprint density at radius 3 is 2.56 bits per heavy atom. The van der Waals surface area contributed by atoms with Crippen LogP contribution >= 0.6 is 0 Å². The maximum atomic E-state index is 12.8. The molecule has 32 heavy (non-hydrogen) atoms. The number of carbonyl (C=O) groups is 2. The van der Waals surface area contributed by atoms with Crippen molar-refractivity contribution in [3.63, 3.8) is 0 Å². The Kier molecular flexibility index (Phi) is 6.78. The van der Waals surface area contributed by atoms with Crippen LogP contribution in [0.25, 0.3) is 0 Å². The van der Waals surface area contributed by atoms with Crippen molar-refractivity contribution in [2.45, 2.75) is 58.1 Å². The largest absolute Gasteiger partial charge is 0.450 e. The number of nitro benzene ring substituents is 1. The van der Waals surface area contributed by atoms with Crippen molar-refractivity contribution in [3.8, 4) is 0 Å². The molecule has 0 radical (unpaired) electrons. The summed E-state index contributed by atoms with van der Waals surface area (Å²) in [5.74, 6) is -0.677. The maximum Gasteiger partial charge on any atom is 0.408 e. The summed E-state index contributed by atoms with van der Waals surface area (Å²) in [6.45, 7) is 6.06. The lowest BCUT2D eigenvalue weighted by atomic mass is 10.00. The summed E-state index contributed by atoms with van der Waals surface area (Å²) in [4.78, 5) is 35.5. The maximum absolute atomic E-state index is 12.8. The Bertz CT molecular complexity index is 995. The zero-order valence-electron chi connectivity index (χ0n) is 18.4. The van der Waals surface area contributed by atoms with Gasteiger partial charge in [-0.2, -0.15) is 5.10 Å². The average molecular weight is 446 g/mol. The minimum absolute atomic E-state index is 0.133. The van der Waals surface area contributed by atoms with Crippen LogP contribution in [0.2, 0.25) is 0 Å². The van der Waals surface area contributed by atoms with Gasteiger partial charge in [-0.3, -0.25) is 14.8 Å². The number of hydrogen-bond acceptors (Lipinski definition) is 8. The van der Waals surface area contributed by atoms with Gasteiger partial charge in [0, 0.05) is 25.8 Å². The fourth-order valence-electron chi connectivity index (χ4n) is 3.38. The molecule has 1 amide bonds. The number of nitrogens with one attached hydrogen (secondary N) is 1. The summed E-state index contributed by atoms with van der Waals surface area (Å²) in [6.07, 6.45) is -1.00. The third kappa shape index (κ3) is 5.61. The molecule has 0 saturated heterocycles. The average Bonchev–Trinajstić information content (AvgIpc) is 3.11. The van der Waals surface area contributed by atoms with E-state index in [2.05, 4.69) is 10.4 Å². The van der Waals surface area contributed by atoms with Crippen LogP contribution in [0, 0.1) is 10.1 Å². The van der Waals surface area contributed by atoms with Crippen LogP contribution in [-0.2, 0) is 27.4 Å². The van der Waals surface area contributed by atoms with E-state index in [0.717, 1.165) is 0 Å².